The van der Waals surface area contributed by atoms with E-state index in [4.69, 9.17) is 4.74 Å². The zero-order chi connectivity index (χ0) is 22.3. The van der Waals surface area contributed by atoms with Crippen molar-refractivity contribution in [3.63, 3.8) is 0 Å². The van der Waals surface area contributed by atoms with Crippen LogP contribution in [0.15, 0.2) is 48.5 Å². The van der Waals surface area contributed by atoms with Crippen molar-refractivity contribution < 1.29 is 19.4 Å². The first-order chi connectivity index (χ1) is 15.6. The summed E-state index contributed by atoms with van der Waals surface area (Å²) in [6, 6.07) is 14.1. The van der Waals surface area contributed by atoms with Gasteiger partial charge in [-0.05, 0) is 62.1 Å². The smallest absolute Gasteiger partial charge is 0.337 e. The van der Waals surface area contributed by atoms with Gasteiger partial charge in [-0.15, -0.1) is 0 Å². The molecule has 2 aliphatic rings. The Labute approximate surface area is 189 Å². The van der Waals surface area contributed by atoms with Gasteiger partial charge in [-0.25, -0.2) is 4.79 Å². The fraction of sp³-hybridized carbons (Fsp3) is 0.440. The van der Waals surface area contributed by atoms with Gasteiger partial charge >= 0.3 is 5.97 Å². The highest BCUT2D eigenvalue weighted by molar-refractivity contribution is 6.05. The number of nitrogens with one attached hydrogen (secondary N) is 1. The van der Waals surface area contributed by atoms with Crippen LogP contribution < -0.4 is 10.2 Å². The normalized spacial score (nSPS) is 17.8. The number of anilines is 2. The van der Waals surface area contributed by atoms with E-state index in [1.165, 1.54) is 6.42 Å². The first-order valence-corrected chi connectivity index (χ1v) is 11.4. The van der Waals surface area contributed by atoms with Gasteiger partial charge in [-0.1, -0.05) is 18.2 Å². The lowest BCUT2D eigenvalue weighted by atomic mass is 9.92. The molecule has 1 amide bonds. The SMILES string of the molecule is O=C(Nc1ccc(N2CCC(CCN3CCOCC3)CC2)c(C(=O)O)c1)c1ccccc1. The second-order valence-corrected chi connectivity index (χ2v) is 8.53. The summed E-state index contributed by atoms with van der Waals surface area (Å²) in [6.45, 7) is 6.52. The van der Waals surface area contributed by atoms with Gasteiger partial charge < -0.3 is 20.1 Å². The summed E-state index contributed by atoms with van der Waals surface area (Å²) in [5.74, 6) is -0.562. The van der Waals surface area contributed by atoms with E-state index >= 15 is 0 Å². The zero-order valence-electron chi connectivity index (χ0n) is 18.3. The number of amides is 1. The number of carboxylic acid groups (broad SMARTS) is 1. The molecule has 0 atom stereocenters. The Bertz CT molecular complexity index is 920. The number of hydrogen-bond donors (Lipinski definition) is 2. The molecule has 0 aliphatic carbocycles. The summed E-state index contributed by atoms with van der Waals surface area (Å²) in [5.41, 5.74) is 1.97. The number of rotatable bonds is 7. The van der Waals surface area contributed by atoms with E-state index in [9.17, 15) is 14.7 Å². The lowest BCUT2D eigenvalue weighted by Crippen LogP contribution is -2.39. The van der Waals surface area contributed by atoms with Crippen LogP contribution in [0.1, 0.15) is 40.0 Å². The van der Waals surface area contributed by atoms with Crippen LogP contribution in [0.25, 0.3) is 0 Å². The fourth-order valence-corrected chi connectivity index (χ4v) is 4.51. The molecule has 7 nitrogen and oxygen atoms in total. The number of aromatic carboxylic acids is 1. The van der Waals surface area contributed by atoms with E-state index in [0.717, 1.165) is 64.5 Å². The minimum absolute atomic E-state index is 0.225. The molecule has 4 rings (SSSR count). The molecule has 2 N–H and O–H groups in total. The number of ether oxygens (including phenoxy) is 1. The van der Waals surface area contributed by atoms with Crippen LogP contribution in [0.3, 0.4) is 0 Å². The number of piperidine rings is 1. The first kappa shape index (κ1) is 22.3. The van der Waals surface area contributed by atoms with Gasteiger partial charge in [-0.2, -0.15) is 0 Å². The van der Waals surface area contributed by atoms with Crippen LogP contribution in [0.2, 0.25) is 0 Å². The molecule has 0 radical (unpaired) electrons. The minimum Gasteiger partial charge on any atom is -0.478 e. The molecule has 2 aromatic rings. The number of carbonyl (C=O) groups is 2. The summed E-state index contributed by atoms with van der Waals surface area (Å²) in [5, 5.41) is 12.6. The van der Waals surface area contributed by atoms with Crippen LogP contribution in [0.5, 0.6) is 0 Å². The van der Waals surface area contributed by atoms with Crippen molar-refractivity contribution in [2.45, 2.75) is 19.3 Å². The molecule has 0 unspecified atom stereocenters. The van der Waals surface area contributed by atoms with E-state index in [2.05, 4.69) is 15.1 Å². The second-order valence-electron chi connectivity index (χ2n) is 8.53. The number of morpholine rings is 1. The fourth-order valence-electron chi connectivity index (χ4n) is 4.51. The lowest BCUT2D eigenvalue weighted by Gasteiger charge is -2.35. The number of hydrogen-bond acceptors (Lipinski definition) is 5. The molecule has 0 spiro atoms. The standard InChI is InChI=1S/C25H31N3O4/c29-24(20-4-2-1-3-5-20)26-21-6-7-23(22(18-21)25(30)31)28-12-9-19(10-13-28)8-11-27-14-16-32-17-15-27/h1-7,18-19H,8-17H2,(H,26,29)(H,30,31). The van der Waals surface area contributed by atoms with Gasteiger partial charge in [0.1, 0.15) is 0 Å². The molecule has 0 saturated carbocycles. The van der Waals surface area contributed by atoms with Crippen LogP contribution in [0, 0.1) is 5.92 Å². The van der Waals surface area contributed by atoms with Gasteiger partial charge in [0.2, 0.25) is 0 Å². The third-order valence-corrected chi connectivity index (χ3v) is 6.43. The minimum atomic E-state index is -0.981. The predicted octanol–water partition coefficient (Wildman–Crippen LogP) is 3.58. The molecule has 7 heteroatoms. The lowest BCUT2D eigenvalue weighted by molar-refractivity contribution is 0.0349. The summed E-state index contributed by atoms with van der Waals surface area (Å²) in [4.78, 5) is 29.0. The molecule has 2 heterocycles. The van der Waals surface area contributed by atoms with Gasteiger partial charge in [0.15, 0.2) is 0 Å². The van der Waals surface area contributed by atoms with Crippen LogP contribution >= 0.6 is 0 Å². The molecule has 2 saturated heterocycles. The Morgan fingerprint density at radius 1 is 1.00 bits per heavy atom. The van der Waals surface area contributed by atoms with E-state index in [0.29, 0.717) is 17.2 Å². The molecule has 2 aliphatic heterocycles. The van der Waals surface area contributed by atoms with E-state index < -0.39 is 5.97 Å². The third-order valence-electron chi connectivity index (χ3n) is 6.43. The number of benzene rings is 2. The second kappa shape index (κ2) is 10.6. The first-order valence-electron chi connectivity index (χ1n) is 11.4. The molecule has 170 valence electrons. The maximum Gasteiger partial charge on any atom is 0.337 e. The topological polar surface area (TPSA) is 82.1 Å². The maximum atomic E-state index is 12.4. The van der Waals surface area contributed by atoms with E-state index in [-0.39, 0.29) is 11.5 Å². The average molecular weight is 438 g/mol. The summed E-state index contributed by atoms with van der Waals surface area (Å²) in [7, 11) is 0. The van der Waals surface area contributed by atoms with Gasteiger partial charge in [0.05, 0.1) is 24.5 Å². The Kier molecular flexibility index (Phi) is 7.39. The molecule has 2 fully saturated rings. The molecular formula is C25H31N3O4. The van der Waals surface area contributed by atoms with Crippen molar-refractivity contribution in [3.8, 4) is 0 Å². The highest BCUT2D eigenvalue weighted by atomic mass is 16.5. The molecule has 0 bridgehead atoms. The van der Waals surface area contributed by atoms with Gasteiger partial charge in [0.25, 0.3) is 5.91 Å². The quantitative estimate of drug-likeness (QED) is 0.689. The Hall–Kier alpha value is -2.90. The predicted molar refractivity (Wildman–Crippen MR) is 125 cm³/mol. The number of nitrogens with zero attached hydrogens (tertiary/aromatic N) is 2. The summed E-state index contributed by atoms with van der Waals surface area (Å²) < 4.78 is 5.42. The summed E-state index contributed by atoms with van der Waals surface area (Å²) in [6.07, 6.45) is 3.32. The van der Waals surface area contributed by atoms with E-state index in [1.807, 2.05) is 12.1 Å². The average Bonchev–Trinajstić information content (AvgIpc) is 2.84. The molecule has 0 aromatic heterocycles. The molecular weight excluding hydrogens is 406 g/mol. The van der Waals surface area contributed by atoms with Crippen molar-refractivity contribution in [1.29, 1.82) is 0 Å². The Morgan fingerprint density at radius 2 is 1.72 bits per heavy atom. The highest BCUT2D eigenvalue weighted by Gasteiger charge is 2.24. The van der Waals surface area contributed by atoms with Crippen molar-refractivity contribution in [2.75, 3.05) is 56.2 Å². The van der Waals surface area contributed by atoms with Gasteiger partial charge in [-0.3, -0.25) is 9.69 Å². The number of carbonyl (C=O) groups excluding carboxylic acids is 1. The Balaban J connectivity index is 1.36. The van der Waals surface area contributed by atoms with Gasteiger partial charge in [0, 0.05) is 37.4 Å². The van der Waals surface area contributed by atoms with Crippen molar-refractivity contribution in [2.24, 2.45) is 5.92 Å². The van der Waals surface area contributed by atoms with E-state index in [1.54, 1.807) is 36.4 Å². The van der Waals surface area contributed by atoms with Crippen molar-refractivity contribution >= 4 is 23.3 Å². The van der Waals surface area contributed by atoms with Crippen LogP contribution in [0.4, 0.5) is 11.4 Å². The third kappa shape index (κ3) is 5.66. The highest BCUT2D eigenvalue weighted by Crippen LogP contribution is 2.30. The summed E-state index contributed by atoms with van der Waals surface area (Å²) >= 11 is 0. The Morgan fingerprint density at radius 3 is 2.41 bits per heavy atom. The molecule has 32 heavy (non-hydrogen) atoms. The number of carboxylic acids is 1. The maximum absolute atomic E-state index is 12.4. The van der Waals surface area contributed by atoms with Crippen molar-refractivity contribution in [3.05, 3.63) is 59.7 Å². The largest absolute Gasteiger partial charge is 0.478 e. The monoisotopic (exact) mass is 437 g/mol. The molecule has 2 aromatic carbocycles. The van der Waals surface area contributed by atoms with Crippen LogP contribution in [-0.4, -0.2) is 67.8 Å². The van der Waals surface area contributed by atoms with Crippen molar-refractivity contribution in [1.82, 2.24) is 4.90 Å². The van der Waals surface area contributed by atoms with Crippen LogP contribution in [-0.2, 0) is 4.74 Å². The zero-order valence-corrected chi connectivity index (χ0v) is 18.3.